The van der Waals surface area contributed by atoms with Crippen LogP contribution in [-0.4, -0.2) is 51.1 Å². The van der Waals surface area contributed by atoms with Crippen molar-refractivity contribution in [3.63, 3.8) is 0 Å². The Kier molecular flexibility index (Phi) is 4.28. The van der Waals surface area contributed by atoms with Crippen molar-refractivity contribution in [2.75, 3.05) is 13.2 Å². The number of rotatable bonds is 4. The molecule has 7 nitrogen and oxygen atoms in total. The van der Waals surface area contributed by atoms with Gasteiger partial charge >= 0.3 is 0 Å². The topological polar surface area (TPSA) is 71.9 Å². The molecule has 1 aromatic heterocycles. The van der Waals surface area contributed by atoms with Crippen molar-refractivity contribution in [2.24, 2.45) is 0 Å². The molecule has 0 bridgehead atoms. The molecule has 3 fully saturated rings. The first-order valence-electron chi connectivity index (χ1n) is 10.1. The van der Waals surface area contributed by atoms with Crippen LogP contribution in [0.25, 0.3) is 0 Å². The van der Waals surface area contributed by atoms with E-state index in [2.05, 4.69) is 0 Å². The number of ether oxygens (including phenoxy) is 1. The molecular weight excluding hydrogens is 370 g/mol. The summed E-state index contributed by atoms with van der Waals surface area (Å²) in [5.74, 6) is 0.00201. The lowest BCUT2D eigenvalue weighted by molar-refractivity contribution is -0.141. The highest BCUT2D eigenvalue weighted by Gasteiger charge is 2.65. The van der Waals surface area contributed by atoms with Gasteiger partial charge < -0.3 is 19.1 Å². The minimum absolute atomic E-state index is 0.0379. The van der Waals surface area contributed by atoms with E-state index in [0.717, 1.165) is 5.56 Å². The van der Waals surface area contributed by atoms with Gasteiger partial charge in [0.2, 0.25) is 11.8 Å². The zero-order chi connectivity index (χ0) is 20.0. The van der Waals surface area contributed by atoms with Crippen LogP contribution in [-0.2, 0) is 20.9 Å². The van der Waals surface area contributed by atoms with Crippen LogP contribution in [0, 0.1) is 0 Å². The van der Waals surface area contributed by atoms with E-state index in [0.29, 0.717) is 32.5 Å². The first-order chi connectivity index (χ1) is 14.1. The largest absolute Gasteiger partial charge is 0.351 e. The van der Waals surface area contributed by atoms with Gasteiger partial charge in [-0.25, -0.2) is 0 Å². The normalized spacial score (nSPS) is 27.9. The van der Waals surface area contributed by atoms with Crippen molar-refractivity contribution >= 4 is 11.8 Å². The van der Waals surface area contributed by atoms with Gasteiger partial charge in [-0.3, -0.25) is 14.4 Å². The molecule has 0 saturated carbocycles. The van der Waals surface area contributed by atoms with Gasteiger partial charge in [0.1, 0.15) is 0 Å². The van der Waals surface area contributed by atoms with E-state index in [4.69, 9.17) is 4.74 Å². The molecule has 3 atom stereocenters. The molecule has 0 aliphatic carbocycles. The second-order valence-electron chi connectivity index (χ2n) is 7.89. The van der Waals surface area contributed by atoms with E-state index in [1.165, 1.54) is 10.6 Å². The molecule has 3 aliphatic rings. The van der Waals surface area contributed by atoms with E-state index in [1.54, 1.807) is 23.2 Å². The minimum Gasteiger partial charge on any atom is -0.351 e. The van der Waals surface area contributed by atoms with E-state index in [-0.39, 0.29) is 35.9 Å². The maximum atomic E-state index is 12.9. The van der Waals surface area contributed by atoms with Crippen LogP contribution in [0.3, 0.4) is 0 Å². The number of amides is 2. The second kappa shape index (κ2) is 6.84. The molecule has 3 aliphatic heterocycles. The third kappa shape index (κ3) is 2.80. The molecule has 2 amide bonds. The van der Waals surface area contributed by atoms with Crippen molar-refractivity contribution in [3.05, 3.63) is 70.6 Å². The molecule has 7 heteroatoms. The number of likely N-dealkylation sites (tertiary alicyclic amines) is 1. The zero-order valence-electron chi connectivity index (χ0n) is 16.1. The standard InChI is InChI=1S/C22H23N3O4/c26-19-8-4-5-11-23(19)12-9-20(27)24-13-10-22-18(24)14-21(28)25(22)17(15-29-22)16-6-2-1-3-7-16/h1-8,11,17-18H,9-10,12-15H2/t17-,18+,22-/m0/s1. The Hall–Kier alpha value is -2.93. The van der Waals surface area contributed by atoms with Crippen molar-refractivity contribution in [1.82, 2.24) is 14.4 Å². The summed E-state index contributed by atoms with van der Waals surface area (Å²) in [6, 6.07) is 14.5. The summed E-state index contributed by atoms with van der Waals surface area (Å²) in [5.41, 5.74) is 0.230. The van der Waals surface area contributed by atoms with Crippen LogP contribution in [0.5, 0.6) is 0 Å². The maximum Gasteiger partial charge on any atom is 0.250 e. The van der Waals surface area contributed by atoms with Crippen molar-refractivity contribution in [2.45, 2.75) is 43.6 Å². The Morgan fingerprint density at radius 3 is 2.69 bits per heavy atom. The molecule has 1 spiro atoms. The van der Waals surface area contributed by atoms with E-state index >= 15 is 0 Å². The van der Waals surface area contributed by atoms with Gasteiger partial charge in [0.05, 0.1) is 25.1 Å². The molecule has 5 rings (SSSR count). The molecule has 3 saturated heterocycles. The number of hydrogen-bond acceptors (Lipinski definition) is 4. The number of carbonyl (C=O) groups excluding carboxylic acids is 2. The Morgan fingerprint density at radius 1 is 1.10 bits per heavy atom. The Bertz CT molecular complexity index is 1000. The third-order valence-electron chi connectivity index (χ3n) is 6.43. The summed E-state index contributed by atoms with van der Waals surface area (Å²) in [6.07, 6.45) is 2.84. The Morgan fingerprint density at radius 2 is 1.90 bits per heavy atom. The van der Waals surface area contributed by atoms with Crippen LogP contribution in [0.15, 0.2) is 59.5 Å². The van der Waals surface area contributed by atoms with Crippen molar-refractivity contribution in [1.29, 1.82) is 0 Å². The monoisotopic (exact) mass is 393 g/mol. The minimum atomic E-state index is -0.711. The summed E-state index contributed by atoms with van der Waals surface area (Å²) in [4.78, 5) is 41.4. The number of benzene rings is 1. The van der Waals surface area contributed by atoms with Gasteiger partial charge in [-0.2, -0.15) is 0 Å². The smallest absolute Gasteiger partial charge is 0.250 e. The van der Waals surface area contributed by atoms with Crippen molar-refractivity contribution < 1.29 is 14.3 Å². The molecule has 0 N–H and O–H groups in total. The molecule has 29 heavy (non-hydrogen) atoms. The summed E-state index contributed by atoms with van der Waals surface area (Å²) in [6.45, 7) is 1.35. The van der Waals surface area contributed by atoms with Gasteiger partial charge in [-0.05, 0) is 11.6 Å². The van der Waals surface area contributed by atoms with Crippen LogP contribution in [0.2, 0.25) is 0 Å². The lowest BCUT2D eigenvalue weighted by atomic mass is 10.0. The lowest BCUT2D eigenvalue weighted by Gasteiger charge is -2.33. The van der Waals surface area contributed by atoms with E-state index in [9.17, 15) is 14.4 Å². The molecular formula is C22H23N3O4. The van der Waals surface area contributed by atoms with Crippen LogP contribution in [0.4, 0.5) is 0 Å². The first-order valence-corrected chi connectivity index (χ1v) is 10.1. The number of aromatic nitrogens is 1. The Labute approximate surface area is 168 Å². The van der Waals surface area contributed by atoms with Crippen LogP contribution in [0.1, 0.15) is 30.9 Å². The number of aryl methyl sites for hydroxylation is 1. The predicted molar refractivity (Wildman–Crippen MR) is 105 cm³/mol. The Balaban J connectivity index is 1.34. The van der Waals surface area contributed by atoms with Gasteiger partial charge in [-0.15, -0.1) is 0 Å². The van der Waals surface area contributed by atoms with Gasteiger partial charge in [0, 0.05) is 38.2 Å². The van der Waals surface area contributed by atoms with E-state index < -0.39 is 5.72 Å². The average Bonchev–Trinajstić information content (AvgIpc) is 3.37. The SMILES string of the molecule is O=C(CCn1ccccc1=O)N1CC[C@@]23OC[C@@H](c4ccccc4)N2C(=O)C[C@@H]13. The fourth-order valence-electron chi connectivity index (χ4n) is 5.07. The van der Waals surface area contributed by atoms with Crippen LogP contribution < -0.4 is 5.56 Å². The predicted octanol–water partition coefficient (Wildman–Crippen LogP) is 1.54. The molecule has 1 aromatic carbocycles. The highest BCUT2D eigenvalue weighted by Crippen LogP contribution is 2.51. The summed E-state index contributed by atoms with van der Waals surface area (Å²) in [7, 11) is 0. The fraction of sp³-hybridized carbons (Fsp3) is 0.409. The molecule has 150 valence electrons. The lowest BCUT2D eigenvalue weighted by Crippen LogP contribution is -2.49. The molecule has 2 aromatic rings. The second-order valence-corrected chi connectivity index (χ2v) is 7.89. The highest BCUT2D eigenvalue weighted by molar-refractivity contribution is 5.85. The molecule has 0 unspecified atom stereocenters. The van der Waals surface area contributed by atoms with Gasteiger partial charge in [-0.1, -0.05) is 36.4 Å². The third-order valence-corrected chi connectivity index (χ3v) is 6.43. The van der Waals surface area contributed by atoms with E-state index in [1.807, 2.05) is 35.2 Å². The first kappa shape index (κ1) is 18.1. The summed E-state index contributed by atoms with van der Waals surface area (Å²) in [5, 5.41) is 0. The van der Waals surface area contributed by atoms with Gasteiger partial charge in [0.25, 0.3) is 5.56 Å². The molecule has 0 radical (unpaired) electrons. The number of pyridine rings is 1. The molecule has 4 heterocycles. The zero-order valence-corrected chi connectivity index (χ0v) is 16.1. The summed E-state index contributed by atoms with van der Waals surface area (Å²) < 4.78 is 7.78. The number of carbonyl (C=O) groups is 2. The number of hydrogen-bond donors (Lipinski definition) is 0. The highest BCUT2D eigenvalue weighted by atomic mass is 16.5. The summed E-state index contributed by atoms with van der Waals surface area (Å²) >= 11 is 0. The van der Waals surface area contributed by atoms with Crippen molar-refractivity contribution in [3.8, 4) is 0 Å². The van der Waals surface area contributed by atoms with Gasteiger partial charge in [0.15, 0.2) is 5.72 Å². The fourth-order valence-corrected chi connectivity index (χ4v) is 5.07. The quantitative estimate of drug-likeness (QED) is 0.790. The average molecular weight is 393 g/mol. The number of nitrogens with zero attached hydrogens (tertiary/aromatic N) is 3. The van der Waals surface area contributed by atoms with Crippen LogP contribution >= 0.6 is 0 Å². The maximum absolute atomic E-state index is 12.9.